The van der Waals surface area contributed by atoms with Gasteiger partial charge in [-0.2, -0.15) is 0 Å². The normalized spacial score (nSPS) is 28.8. The van der Waals surface area contributed by atoms with Crippen molar-refractivity contribution in [3.05, 3.63) is 71.8 Å². The lowest BCUT2D eigenvalue weighted by molar-refractivity contribution is -0.307. The fraction of sp³-hybridized carbons (Fsp3) is 0.400. The van der Waals surface area contributed by atoms with Crippen molar-refractivity contribution in [1.29, 1.82) is 0 Å². The Morgan fingerprint density at radius 1 is 0.769 bits per heavy atom. The number of benzene rings is 2. The van der Waals surface area contributed by atoms with E-state index in [0.717, 1.165) is 11.1 Å². The van der Waals surface area contributed by atoms with Crippen LogP contribution in [0.2, 0.25) is 0 Å². The molecule has 0 spiro atoms. The molecule has 0 aliphatic carbocycles. The second-order valence-corrected chi connectivity index (χ2v) is 6.26. The van der Waals surface area contributed by atoms with Gasteiger partial charge in [-0.05, 0) is 11.1 Å². The van der Waals surface area contributed by atoms with Gasteiger partial charge in [-0.1, -0.05) is 60.7 Å². The first-order valence-electron chi connectivity index (χ1n) is 8.62. The van der Waals surface area contributed by atoms with Crippen LogP contribution in [0.1, 0.15) is 11.1 Å². The van der Waals surface area contributed by atoms with E-state index in [1.807, 2.05) is 60.7 Å². The predicted molar refractivity (Wildman–Crippen MR) is 94.0 cm³/mol. The molecule has 0 saturated carbocycles. The number of aliphatic hydroxyl groups is 3. The van der Waals surface area contributed by atoms with Gasteiger partial charge in [0.1, 0.15) is 24.4 Å². The van der Waals surface area contributed by atoms with Gasteiger partial charge >= 0.3 is 0 Å². The molecular formula is C20H24O6. The van der Waals surface area contributed by atoms with Crippen molar-refractivity contribution in [1.82, 2.24) is 0 Å². The SMILES string of the molecule is OC[C@@H]1O[C@H](O)[C@H](OCc2ccccc2)[C@@H](OCc2ccccc2)[C@H]1O. The Labute approximate surface area is 152 Å². The second-order valence-electron chi connectivity index (χ2n) is 6.26. The van der Waals surface area contributed by atoms with Crippen molar-refractivity contribution in [3.8, 4) is 0 Å². The quantitative estimate of drug-likeness (QED) is 0.688. The maximum Gasteiger partial charge on any atom is 0.184 e. The Morgan fingerprint density at radius 2 is 1.27 bits per heavy atom. The van der Waals surface area contributed by atoms with Gasteiger partial charge in [0.15, 0.2) is 6.29 Å². The second kappa shape index (κ2) is 9.23. The minimum absolute atomic E-state index is 0.244. The summed E-state index contributed by atoms with van der Waals surface area (Å²) in [4.78, 5) is 0. The van der Waals surface area contributed by atoms with Crippen molar-refractivity contribution in [3.63, 3.8) is 0 Å². The van der Waals surface area contributed by atoms with Crippen LogP contribution in [0.4, 0.5) is 0 Å². The third-order valence-electron chi connectivity index (χ3n) is 4.39. The third kappa shape index (κ3) is 4.67. The molecule has 0 bridgehead atoms. The molecule has 26 heavy (non-hydrogen) atoms. The van der Waals surface area contributed by atoms with Crippen LogP contribution in [0.25, 0.3) is 0 Å². The van der Waals surface area contributed by atoms with Gasteiger partial charge in [0.05, 0.1) is 19.8 Å². The van der Waals surface area contributed by atoms with Crippen LogP contribution in [-0.4, -0.2) is 52.6 Å². The zero-order chi connectivity index (χ0) is 18.4. The van der Waals surface area contributed by atoms with E-state index in [1.54, 1.807) is 0 Å². The van der Waals surface area contributed by atoms with E-state index in [-0.39, 0.29) is 13.2 Å². The lowest BCUT2D eigenvalue weighted by Crippen LogP contribution is -2.60. The molecule has 1 aliphatic heterocycles. The molecule has 2 aromatic carbocycles. The lowest BCUT2D eigenvalue weighted by atomic mass is 9.98. The summed E-state index contributed by atoms with van der Waals surface area (Å²) in [6.45, 7) is 0.0705. The van der Waals surface area contributed by atoms with Crippen LogP contribution in [0.3, 0.4) is 0 Å². The van der Waals surface area contributed by atoms with Crippen LogP contribution in [0.15, 0.2) is 60.7 Å². The van der Waals surface area contributed by atoms with E-state index in [4.69, 9.17) is 14.2 Å². The molecule has 6 nitrogen and oxygen atoms in total. The highest BCUT2D eigenvalue weighted by Gasteiger charge is 2.46. The summed E-state index contributed by atoms with van der Waals surface area (Å²) >= 11 is 0. The maximum absolute atomic E-state index is 10.5. The summed E-state index contributed by atoms with van der Waals surface area (Å²) in [6, 6.07) is 19.0. The summed E-state index contributed by atoms with van der Waals surface area (Å²) < 4.78 is 16.9. The third-order valence-corrected chi connectivity index (χ3v) is 4.39. The molecule has 3 rings (SSSR count). The molecular weight excluding hydrogens is 336 g/mol. The fourth-order valence-electron chi connectivity index (χ4n) is 2.96. The van der Waals surface area contributed by atoms with Crippen LogP contribution in [0.5, 0.6) is 0 Å². The van der Waals surface area contributed by atoms with Crippen molar-refractivity contribution in [2.45, 2.75) is 43.9 Å². The highest BCUT2D eigenvalue weighted by atomic mass is 16.7. The van der Waals surface area contributed by atoms with Gasteiger partial charge in [-0.3, -0.25) is 0 Å². The largest absolute Gasteiger partial charge is 0.394 e. The van der Waals surface area contributed by atoms with E-state index < -0.39 is 37.3 Å². The van der Waals surface area contributed by atoms with Gasteiger partial charge in [-0.25, -0.2) is 0 Å². The average Bonchev–Trinajstić information content (AvgIpc) is 2.69. The van der Waals surface area contributed by atoms with Crippen molar-refractivity contribution in [2.75, 3.05) is 6.61 Å². The molecule has 5 atom stereocenters. The van der Waals surface area contributed by atoms with Gasteiger partial charge in [-0.15, -0.1) is 0 Å². The predicted octanol–water partition coefficient (Wildman–Crippen LogP) is 1.23. The highest BCUT2D eigenvalue weighted by molar-refractivity contribution is 5.14. The summed E-state index contributed by atoms with van der Waals surface area (Å²) in [5.74, 6) is 0. The molecule has 0 aromatic heterocycles. The topological polar surface area (TPSA) is 88.4 Å². The smallest absolute Gasteiger partial charge is 0.184 e. The first kappa shape index (κ1) is 19.0. The summed E-state index contributed by atoms with van der Waals surface area (Å²) in [5, 5.41) is 30.2. The molecule has 1 heterocycles. The minimum atomic E-state index is -1.31. The zero-order valence-corrected chi connectivity index (χ0v) is 14.3. The van der Waals surface area contributed by atoms with Crippen molar-refractivity contribution >= 4 is 0 Å². The van der Waals surface area contributed by atoms with Crippen LogP contribution >= 0.6 is 0 Å². The number of ether oxygens (including phenoxy) is 3. The fourth-order valence-corrected chi connectivity index (χ4v) is 2.96. The molecule has 0 radical (unpaired) electrons. The Bertz CT molecular complexity index is 650. The van der Waals surface area contributed by atoms with E-state index in [1.165, 1.54) is 0 Å². The van der Waals surface area contributed by atoms with Gasteiger partial charge in [0.25, 0.3) is 0 Å². The van der Waals surface area contributed by atoms with Crippen LogP contribution < -0.4 is 0 Å². The Hall–Kier alpha value is -1.80. The molecule has 6 heteroatoms. The van der Waals surface area contributed by atoms with E-state index in [9.17, 15) is 15.3 Å². The van der Waals surface area contributed by atoms with Gasteiger partial charge < -0.3 is 29.5 Å². The summed E-state index contributed by atoms with van der Waals surface area (Å²) in [6.07, 6.45) is -5.06. The molecule has 1 aliphatic rings. The Balaban J connectivity index is 1.69. The molecule has 140 valence electrons. The van der Waals surface area contributed by atoms with Crippen LogP contribution in [0, 0.1) is 0 Å². The van der Waals surface area contributed by atoms with Gasteiger partial charge in [0.2, 0.25) is 0 Å². The Kier molecular flexibility index (Phi) is 6.73. The first-order chi connectivity index (χ1) is 12.7. The molecule has 0 amide bonds. The molecule has 1 saturated heterocycles. The first-order valence-corrected chi connectivity index (χ1v) is 8.62. The Morgan fingerprint density at radius 3 is 1.77 bits per heavy atom. The van der Waals surface area contributed by atoms with Crippen molar-refractivity contribution in [2.24, 2.45) is 0 Å². The van der Waals surface area contributed by atoms with E-state index in [2.05, 4.69) is 0 Å². The van der Waals surface area contributed by atoms with E-state index >= 15 is 0 Å². The van der Waals surface area contributed by atoms with Crippen LogP contribution in [-0.2, 0) is 27.4 Å². The standard InChI is InChI=1S/C20H24O6/c21-11-16-17(22)18(24-12-14-7-3-1-4-8-14)19(20(23)26-16)25-13-15-9-5-2-6-10-15/h1-10,16-23H,11-13H2/t16-,17-,18-,19+,20-/m0/s1. The monoisotopic (exact) mass is 360 g/mol. The number of hydrogen-bond acceptors (Lipinski definition) is 6. The molecule has 2 aromatic rings. The van der Waals surface area contributed by atoms with Crippen molar-refractivity contribution < 1.29 is 29.5 Å². The van der Waals surface area contributed by atoms with E-state index in [0.29, 0.717) is 0 Å². The maximum atomic E-state index is 10.5. The summed E-state index contributed by atoms with van der Waals surface area (Å²) in [7, 11) is 0. The molecule has 0 unspecified atom stereocenters. The zero-order valence-electron chi connectivity index (χ0n) is 14.3. The molecule has 3 N–H and O–H groups in total. The number of aliphatic hydroxyl groups excluding tert-OH is 3. The lowest BCUT2D eigenvalue weighted by Gasteiger charge is -2.42. The average molecular weight is 360 g/mol. The highest BCUT2D eigenvalue weighted by Crippen LogP contribution is 2.26. The number of rotatable bonds is 7. The molecule has 1 fully saturated rings. The number of hydrogen-bond donors (Lipinski definition) is 3. The minimum Gasteiger partial charge on any atom is -0.394 e. The van der Waals surface area contributed by atoms with Gasteiger partial charge in [0, 0.05) is 0 Å². The summed E-state index contributed by atoms with van der Waals surface area (Å²) in [5.41, 5.74) is 1.86.